The Morgan fingerprint density at radius 3 is 2.64 bits per heavy atom. The molecule has 1 N–H and O–H groups in total. The smallest absolute Gasteiger partial charge is 0.279 e. The van der Waals surface area contributed by atoms with Crippen LogP contribution in [-0.4, -0.2) is 20.8 Å². The van der Waals surface area contributed by atoms with Gasteiger partial charge in [0.05, 0.1) is 26.6 Å². The minimum atomic E-state index is -0.470. The summed E-state index contributed by atoms with van der Waals surface area (Å²) in [4.78, 5) is 12.9. The first-order valence-corrected chi connectivity index (χ1v) is 11.5. The summed E-state index contributed by atoms with van der Waals surface area (Å²) in [6.07, 6.45) is 1.75. The molecule has 4 rings (SSSR count). The molecule has 4 aromatic rings. The topological polar surface area (TPSA) is 82.2 Å². The van der Waals surface area contributed by atoms with Gasteiger partial charge in [-0.05, 0) is 64.8 Å². The van der Waals surface area contributed by atoms with E-state index in [9.17, 15) is 4.79 Å². The van der Waals surface area contributed by atoms with Crippen LogP contribution >= 0.6 is 50.7 Å². The summed E-state index contributed by atoms with van der Waals surface area (Å²) >= 11 is 21.4. The lowest BCUT2D eigenvalue weighted by Crippen LogP contribution is -2.16. The molecule has 2 aromatic carbocycles. The summed E-state index contributed by atoms with van der Waals surface area (Å²) in [7, 11) is 0. The molecule has 0 bridgehead atoms. The number of amides is 1. The van der Waals surface area contributed by atoms with Gasteiger partial charge in [-0.3, -0.25) is 9.48 Å². The van der Waals surface area contributed by atoms with Crippen molar-refractivity contribution in [1.29, 1.82) is 0 Å². The Bertz CT molecular complexity index is 1300. The zero-order chi connectivity index (χ0) is 23.5. The van der Waals surface area contributed by atoms with E-state index in [1.54, 1.807) is 54.2 Å². The van der Waals surface area contributed by atoms with Crippen LogP contribution < -0.4 is 10.1 Å². The van der Waals surface area contributed by atoms with Crippen molar-refractivity contribution in [2.24, 2.45) is 0 Å². The number of carbonyl (C=O) groups is 1. The third-order valence-electron chi connectivity index (χ3n) is 4.67. The molecule has 1 amide bonds. The van der Waals surface area contributed by atoms with Crippen LogP contribution in [0.2, 0.25) is 15.1 Å². The largest absolute Gasteiger partial charge is 0.489 e. The summed E-state index contributed by atoms with van der Waals surface area (Å²) < 4.78 is 13.2. The Balaban J connectivity index is 1.46. The molecule has 11 heteroatoms. The number of benzene rings is 2. The molecule has 0 aliphatic carbocycles. The summed E-state index contributed by atoms with van der Waals surface area (Å²) in [5, 5.41) is 12.6. The van der Waals surface area contributed by atoms with Gasteiger partial charge in [0.15, 0.2) is 11.5 Å². The van der Waals surface area contributed by atoms with Crippen LogP contribution in [0.5, 0.6) is 5.75 Å². The summed E-state index contributed by atoms with van der Waals surface area (Å²) in [6, 6.07) is 12.3. The SMILES string of the molecule is Cc1onc(C(=O)Nc2nn(Cc3ccc(Cl)c(Cl)c3)cc2Br)c1COc1ccc(Cl)cc1. The van der Waals surface area contributed by atoms with Gasteiger partial charge in [0.2, 0.25) is 0 Å². The Kier molecular flexibility index (Phi) is 7.29. The Morgan fingerprint density at radius 1 is 1.15 bits per heavy atom. The number of carbonyl (C=O) groups excluding carboxylic acids is 1. The van der Waals surface area contributed by atoms with E-state index in [4.69, 9.17) is 44.1 Å². The van der Waals surface area contributed by atoms with Crippen LogP contribution in [0.4, 0.5) is 5.82 Å². The number of nitrogens with zero attached hydrogens (tertiary/aromatic N) is 3. The van der Waals surface area contributed by atoms with Gasteiger partial charge >= 0.3 is 0 Å². The zero-order valence-electron chi connectivity index (χ0n) is 17.1. The Hall–Kier alpha value is -2.52. The molecular weight excluding hydrogens is 555 g/mol. The van der Waals surface area contributed by atoms with E-state index in [-0.39, 0.29) is 12.3 Å². The predicted molar refractivity (Wildman–Crippen MR) is 130 cm³/mol. The van der Waals surface area contributed by atoms with Crippen molar-refractivity contribution in [3.05, 3.63) is 90.8 Å². The second-order valence-electron chi connectivity index (χ2n) is 7.03. The first-order chi connectivity index (χ1) is 15.8. The molecule has 0 radical (unpaired) electrons. The van der Waals surface area contributed by atoms with E-state index in [1.807, 2.05) is 6.07 Å². The number of rotatable bonds is 7. The highest BCUT2D eigenvalue weighted by Crippen LogP contribution is 2.26. The van der Waals surface area contributed by atoms with Gasteiger partial charge < -0.3 is 14.6 Å². The normalized spacial score (nSPS) is 10.9. The van der Waals surface area contributed by atoms with Crippen LogP contribution in [0.1, 0.15) is 27.4 Å². The lowest BCUT2D eigenvalue weighted by molar-refractivity contribution is 0.101. The highest BCUT2D eigenvalue weighted by Gasteiger charge is 2.22. The zero-order valence-corrected chi connectivity index (χ0v) is 21.0. The first-order valence-electron chi connectivity index (χ1n) is 9.62. The molecule has 7 nitrogen and oxygen atoms in total. The summed E-state index contributed by atoms with van der Waals surface area (Å²) in [5.74, 6) is 0.959. The number of anilines is 1. The fraction of sp³-hybridized carbons (Fsp3) is 0.136. The highest BCUT2D eigenvalue weighted by atomic mass is 79.9. The standard InChI is InChI=1S/C22H16BrCl3N4O3/c1-12-16(11-32-15-5-3-14(24)4-6-15)20(29-33-12)22(31)27-21-17(23)10-30(28-21)9-13-2-7-18(25)19(26)8-13/h2-8,10H,9,11H2,1H3,(H,27,28,31). The van der Waals surface area contributed by atoms with E-state index in [2.05, 4.69) is 31.5 Å². The number of hydrogen-bond donors (Lipinski definition) is 1. The van der Waals surface area contributed by atoms with Gasteiger partial charge in [0, 0.05) is 11.2 Å². The van der Waals surface area contributed by atoms with Gasteiger partial charge in [0.25, 0.3) is 5.91 Å². The van der Waals surface area contributed by atoms with Crippen molar-refractivity contribution in [1.82, 2.24) is 14.9 Å². The molecule has 0 fully saturated rings. The van der Waals surface area contributed by atoms with Crippen LogP contribution in [0.25, 0.3) is 0 Å². The van der Waals surface area contributed by atoms with Gasteiger partial charge in [-0.1, -0.05) is 46.0 Å². The van der Waals surface area contributed by atoms with Crippen LogP contribution in [0.3, 0.4) is 0 Å². The molecule has 0 spiro atoms. The monoisotopic (exact) mass is 568 g/mol. The molecule has 0 atom stereocenters. The Morgan fingerprint density at radius 2 is 1.91 bits per heavy atom. The maximum absolute atomic E-state index is 12.9. The number of aromatic nitrogens is 3. The fourth-order valence-electron chi connectivity index (χ4n) is 2.98. The molecule has 0 saturated carbocycles. The number of halogens is 4. The number of nitrogens with one attached hydrogen (secondary N) is 1. The minimum Gasteiger partial charge on any atom is -0.489 e. The molecule has 2 heterocycles. The van der Waals surface area contributed by atoms with Crippen molar-refractivity contribution >= 4 is 62.5 Å². The number of aryl methyl sites for hydroxylation is 1. The minimum absolute atomic E-state index is 0.104. The molecule has 2 aromatic heterocycles. The van der Waals surface area contributed by atoms with Crippen LogP contribution in [0.15, 0.2) is 57.7 Å². The Labute approximate surface area is 212 Å². The van der Waals surface area contributed by atoms with Crippen molar-refractivity contribution < 1.29 is 14.1 Å². The third kappa shape index (κ3) is 5.70. The molecule has 0 unspecified atom stereocenters. The van der Waals surface area contributed by atoms with E-state index in [0.717, 1.165) is 5.56 Å². The molecule has 0 saturated heterocycles. The number of ether oxygens (including phenoxy) is 1. The van der Waals surface area contributed by atoms with Gasteiger partial charge in [-0.2, -0.15) is 5.10 Å². The highest BCUT2D eigenvalue weighted by molar-refractivity contribution is 9.10. The van der Waals surface area contributed by atoms with Gasteiger partial charge in [-0.25, -0.2) is 0 Å². The second-order valence-corrected chi connectivity index (χ2v) is 9.14. The van der Waals surface area contributed by atoms with Gasteiger partial charge in [-0.15, -0.1) is 0 Å². The first kappa shape index (κ1) is 23.6. The average Bonchev–Trinajstić information content (AvgIpc) is 3.32. The molecule has 33 heavy (non-hydrogen) atoms. The predicted octanol–water partition coefficient (Wildman–Crippen LogP) is 6.78. The second kappa shape index (κ2) is 10.2. The van der Waals surface area contributed by atoms with Crippen molar-refractivity contribution in [2.45, 2.75) is 20.1 Å². The lowest BCUT2D eigenvalue weighted by Gasteiger charge is -2.07. The fourth-order valence-corrected chi connectivity index (χ4v) is 3.84. The molecule has 0 aliphatic rings. The molecular formula is C22H16BrCl3N4O3. The summed E-state index contributed by atoms with van der Waals surface area (Å²) in [5.41, 5.74) is 1.56. The van der Waals surface area contributed by atoms with Crippen LogP contribution in [0, 0.1) is 6.92 Å². The number of hydrogen-bond acceptors (Lipinski definition) is 5. The quantitative estimate of drug-likeness (QED) is 0.265. The van der Waals surface area contributed by atoms with Crippen molar-refractivity contribution in [2.75, 3.05) is 5.32 Å². The average molecular weight is 571 g/mol. The maximum atomic E-state index is 12.9. The van der Waals surface area contributed by atoms with E-state index >= 15 is 0 Å². The lowest BCUT2D eigenvalue weighted by atomic mass is 10.2. The van der Waals surface area contributed by atoms with Gasteiger partial charge in [0.1, 0.15) is 18.1 Å². The van der Waals surface area contributed by atoms with E-state index in [1.165, 1.54) is 0 Å². The maximum Gasteiger partial charge on any atom is 0.279 e. The van der Waals surface area contributed by atoms with Crippen molar-refractivity contribution in [3.8, 4) is 5.75 Å². The molecule has 170 valence electrons. The van der Waals surface area contributed by atoms with E-state index < -0.39 is 5.91 Å². The third-order valence-corrected chi connectivity index (χ3v) is 6.25. The summed E-state index contributed by atoms with van der Waals surface area (Å²) in [6.45, 7) is 2.26. The van der Waals surface area contributed by atoms with Crippen molar-refractivity contribution in [3.63, 3.8) is 0 Å². The van der Waals surface area contributed by atoms with Crippen LogP contribution in [-0.2, 0) is 13.2 Å². The van der Waals surface area contributed by atoms with E-state index in [0.29, 0.717) is 49.0 Å². The molecule has 0 aliphatic heterocycles.